The highest BCUT2D eigenvalue weighted by Crippen LogP contribution is 2.47. The van der Waals surface area contributed by atoms with Crippen molar-refractivity contribution in [2.24, 2.45) is 0 Å². The molecule has 0 saturated heterocycles. The highest BCUT2D eigenvalue weighted by atomic mass is 16.5. The Labute approximate surface area is 153 Å². The second kappa shape index (κ2) is 5.75. The van der Waals surface area contributed by atoms with Gasteiger partial charge in [-0.3, -0.25) is 0 Å². The molecule has 1 aliphatic rings. The van der Waals surface area contributed by atoms with Crippen LogP contribution in [-0.2, 0) is 10.1 Å². The van der Waals surface area contributed by atoms with Crippen molar-refractivity contribution in [2.45, 2.75) is 58.2 Å². The van der Waals surface area contributed by atoms with Crippen LogP contribution in [0.4, 0.5) is 0 Å². The minimum Gasteiger partial charge on any atom is -0.427 e. The van der Waals surface area contributed by atoms with Gasteiger partial charge in [-0.25, -0.2) is 0 Å². The fourth-order valence-corrected chi connectivity index (χ4v) is 3.21. The van der Waals surface area contributed by atoms with Crippen LogP contribution >= 0.6 is 0 Å². The summed E-state index contributed by atoms with van der Waals surface area (Å²) in [5, 5.41) is 10.2. The van der Waals surface area contributed by atoms with E-state index in [4.69, 9.17) is 12.5 Å². The molecule has 1 N–H and O–H groups in total. The van der Waals surface area contributed by atoms with E-state index in [0.29, 0.717) is 0 Å². The van der Waals surface area contributed by atoms with Gasteiger partial charge >= 0.3 is 7.48 Å². The molecule has 3 radical (unpaired) electrons. The van der Waals surface area contributed by atoms with E-state index in [9.17, 15) is 5.11 Å². The van der Waals surface area contributed by atoms with Crippen molar-refractivity contribution in [2.75, 3.05) is 0 Å². The average Bonchev–Trinajstić information content (AvgIpc) is 2.72. The zero-order chi connectivity index (χ0) is 18.6. The van der Waals surface area contributed by atoms with Crippen LogP contribution in [0, 0.1) is 0 Å². The first-order chi connectivity index (χ1) is 11.4. The monoisotopic (exact) mass is 331 g/mol. The summed E-state index contributed by atoms with van der Waals surface area (Å²) in [5.41, 5.74) is 5.09. The maximum atomic E-state index is 10.2. The van der Waals surface area contributed by atoms with E-state index in [1.54, 1.807) is 21.3 Å². The quantitative estimate of drug-likeness (QED) is 0.873. The van der Waals surface area contributed by atoms with Crippen molar-refractivity contribution in [3.63, 3.8) is 0 Å². The van der Waals surface area contributed by atoms with Gasteiger partial charge in [-0.1, -0.05) is 61.2 Å². The fraction of sp³-hybridized carbons (Fsp3) is 0.429. The van der Waals surface area contributed by atoms with E-state index >= 15 is 0 Å². The van der Waals surface area contributed by atoms with Crippen molar-refractivity contribution in [3.05, 3.63) is 47.5 Å². The van der Waals surface area contributed by atoms with Gasteiger partial charge in [0.25, 0.3) is 0 Å². The fourth-order valence-electron chi connectivity index (χ4n) is 3.21. The number of hydrogen-bond donors (Lipinski definition) is 1. The van der Waals surface area contributed by atoms with Gasteiger partial charge in [0, 0.05) is 5.41 Å². The smallest absolute Gasteiger partial charge is 0.330 e. The summed E-state index contributed by atoms with van der Waals surface area (Å²) in [6, 6.07) is 12.5. The van der Waals surface area contributed by atoms with Crippen LogP contribution in [0.1, 0.15) is 52.7 Å². The molecular formula is C21H25B2O2. The molecule has 0 aliphatic heterocycles. The lowest BCUT2D eigenvalue weighted by atomic mass is 9.77. The minimum absolute atomic E-state index is 0.102. The lowest BCUT2D eigenvalue weighted by Gasteiger charge is -2.37. The molecule has 2 aromatic carbocycles. The molecule has 127 valence electrons. The molecule has 0 amide bonds. The van der Waals surface area contributed by atoms with Gasteiger partial charge in [-0.15, -0.1) is 0 Å². The molecule has 4 heteroatoms. The second-order valence-electron chi connectivity index (χ2n) is 8.54. The number of benzene rings is 2. The Balaban J connectivity index is 1.92. The van der Waals surface area contributed by atoms with Gasteiger partial charge in [0.2, 0.25) is 0 Å². The SMILES string of the molecule is [B]c1ccc2c(c1)C(C)(C)c1cc([B]OC(C)(C)C(C)(C)O)ccc1-2. The Morgan fingerprint density at radius 1 is 0.960 bits per heavy atom. The van der Waals surface area contributed by atoms with Gasteiger partial charge in [0.15, 0.2) is 0 Å². The van der Waals surface area contributed by atoms with Crippen molar-refractivity contribution < 1.29 is 9.76 Å². The molecule has 0 aromatic heterocycles. The summed E-state index contributed by atoms with van der Waals surface area (Å²) in [5.74, 6) is 0. The molecule has 0 fully saturated rings. The Kier molecular flexibility index (Phi) is 4.21. The van der Waals surface area contributed by atoms with E-state index < -0.39 is 11.2 Å². The highest BCUT2D eigenvalue weighted by molar-refractivity contribution is 6.47. The van der Waals surface area contributed by atoms with Crippen LogP contribution < -0.4 is 10.9 Å². The molecule has 0 spiro atoms. The third-order valence-corrected chi connectivity index (χ3v) is 5.69. The molecule has 25 heavy (non-hydrogen) atoms. The van der Waals surface area contributed by atoms with Gasteiger partial charge in [-0.2, -0.15) is 0 Å². The number of aliphatic hydroxyl groups is 1. The summed E-state index contributed by atoms with van der Waals surface area (Å²) in [6.07, 6.45) is 0. The van der Waals surface area contributed by atoms with E-state index in [1.165, 1.54) is 22.3 Å². The molecule has 2 nitrogen and oxygen atoms in total. The molecule has 0 unspecified atom stereocenters. The summed E-state index contributed by atoms with van der Waals surface area (Å²) in [6.45, 7) is 11.7. The first-order valence-corrected chi connectivity index (χ1v) is 8.72. The third-order valence-electron chi connectivity index (χ3n) is 5.69. The summed E-state index contributed by atoms with van der Waals surface area (Å²) >= 11 is 0. The Hall–Kier alpha value is -1.51. The zero-order valence-corrected chi connectivity index (χ0v) is 16.0. The van der Waals surface area contributed by atoms with Gasteiger partial charge in [0.05, 0.1) is 11.2 Å². The number of fused-ring (bicyclic) bond motifs is 3. The molecule has 0 atom stereocenters. The van der Waals surface area contributed by atoms with Crippen LogP contribution in [0.5, 0.6) is 0 Å². The van der Waals surface area contributed by atoms with E-state index in [1.807, 2.05) is 19.9 Å². The molecule has 2 aromatic rings. The predicted octanol–water partition coefficient (Wildman–Crippen LogP) is 2.60. The lowest BCUT2D eigenvalue weighted by Crippen LogP contribution is -2.49. The normalized spacial score (nSPS) is 15.6. The number of rotatable bonds is 4. The molecular weight excluding hydrogens is 306 g/mol. The zero-order valence-electron chi connectivity index (χ0n) is 16.0. The average molecular weight is 331 g/mol. The van der Waals surface area contributed by atoms with E-state index in [0.717, 1.165) is 10.9 Å². The minimum atomic E-state index is -0.937. The van der Waals surface area contributed by atoms with Gasteiger partial charge in [-0.05, 0) is 49.9 Å². The Morgan fingerprint density at radius 3 is 2.12 bits per heavy atom. The third kappa shape index (κ3) is 3.07. The summed E-state index contributed by atoms with van der Waals surface area (Å²) < 4.78 is 5.91. The van der Waals surface area contributed by atoms with Crippen molar-refractivity contribution in [1.29, 1.82) is 0 Å². The summed E-state index contributed by atoms with van der Waals surface area (Å²) in [7, 11) is 7.74. The van der Waals surface area contributed by atoms with Crippen molar-refractivity contribution in [3.8, 4) is 11.1 Å². The van der Waals surface area contributed by atoms with Crippen LogP contribution in [0.2, 0.25) is 0 Å². The molecule has 0 bridgehead atoms. The standard InChI is InChI=1S/C21H25B2O2/c1-19(2)17-11-13(22)7-9-15(17)16-10-8-14(12-18(16)19)23-25-21(5,6)20(3,4)24/h7-12,24H,1-6H3. The van der Waals surface area contributed by atoms with E-state index in [-0.39, 0.29) is 5.41 Å². The molecule has 0 saturated carbocycles. The second-order valence-corrected chi connectivity index (χ2v) is 8.54. The topological polar surface area (TPSA) is 29.5 Å². The van der Waals surface area contributed by atoms with Crippen LogP contribution in [0.15, 0.2) is 36.4 Å². The van der Waals surface area contributed by atoms with E-state index in [2.05, 4.69) is 44.2 Å². The Morgan fingerprint density at radius 2 is 1.52 bits per heavy atom. The van der Waals surface area contributed by atoms with Crippen molar-refractivity contribution >= 4 is 26.3 Å². The molecule has 3 rings (SSSR count). The van der Waals surface area contributed by atoms with Gasteiger partial charge < -0.3 is 9.76 Å². The first kappa shape index (κ1) is 18.3. The van der Waals surface area contributed by atoms with Crippen LogP contribution in [-0.4, -0.2) is 31.6 Å². The number of hydrogen-bond acceptors (Lipinski definition) is 2. The predicted molar refractivity (Wildman–Crippen MR) is 106 cm³/mol. The lowest BCUT2D eigenvalue weighted by molar-refractivity contribution is -0.0893. The van der Waals surface area contributed by atoms with Gasteiger partial charge in [0.1, 0.15) is 7.85 Å². The maximum absolute atomic E-state index is 10.2. The maximum Gasteiger partial charge on any atom is 0.330 e. The van der Waals surface area contributed by atoms with Crippen LogP contribution in [0.3, 0.4) is 0 Å². The molecule has 1 aliphatic carbocycles. The highest BCUT2D eigenvalue weighted by Gasteiger charge is 2.37. The first-order valence-electron chi connectivity index (χ1n) is 8.72. The van der Waals surface area contributed by atoms with Crippen LogP contribution in [0.25, 0.3) is 11.1 Å². The summed E-state index contributed by atoms with van der Waals surface area (Å²) in [4.78, 5) is 0. The van der Waals surface area contributed by atoms with Crippen molar-refractivity contribution in [1.82, 2.24) is 0 Å². The Bertz CT molecular complexity index is 817. The molecule has 0 heterocycles. The largest absolute Gasteiger partial charge is 0.427 e.